The van der Waals surface area contributed by atoms with E-state index in [0.717, 1.165) is 42.3 Å². The Kier molecular flexibility index (Phi) is 5.94. The highest BCUT2D eigenvalue weighted by atomic mass is 16.6. The highest BCUT2D eigenvalue weighted by Gasteiger charge is 2.27. The second kappa shape index (κ2) is 9.17. The largest absolute Gasteiger partial charge is 0.486 e. The van der Waals surface area contributed by atoms with Gasteiger partial charge in [-0.15, -0.1) is 0 Å². The molecule has 7 heteroatoms. The number of nitrogens with zero attached hydrogens (tertiary/aromatic N) is 1. The number of carbonyl (C=O) groups is 1. The number of nitrogens with one attached hydrogen (secondary N) is 2. The van der Waals surface area contributed by atoms with E-state index in [4.69, 9.17) is 9.47 Å². The second-order valence-corrected chi connectivity index (χ2v) is 8.92. The summed E-state index contributed by atoms with van der Waals surface area (Å²) in [5, 5.41) is 3.88. The number of ether oxygens (including phenoxy) is 2. The van der Waals surface area contributed by atoms with E-state index in [9.17, 15) is 9.59 Å². The predicted octanol–water partition coefficient (Wildman–Crippen LogP) is 4.97. The third kappa shape index (κ3) is 4.67. The van der Waals surface area contributed by atoms with Crippen LogP contribution in [0.25, 0.3) is 10.9 Å². The van der Waals surface area contributed by atoms with Crippen molar-refractivity contribution in [3.05, 3.63) is 63.9 Å². The third-order valence-electron chi connectivity index (χ3n) is 6.50. The number of aromatic nitrogens is 1. The van der Waals surface area contributed by atoms with Gasteiger partial charge in [-0.05, 0) is 44.0 Å². The van der Waals surface area contributed by atoms with Crippen LogP contribution in [0.3, 0.4) is 0 Å². The van der Waals surface area contributed by atoms with E-state index in [-0.39, 0.29) is 24.2 Å². The Bertz CT molecular complexity index is 1210. The van der Waals surface area contributed by atoms with Crippen molar-refractivity contribution in [1.82, 2.24) is 9.88 Å². The number of carbonyl (C=O) groups excluding carboxylic acids is 1. The van der Waals surface area contributed by atoms with Crippen LogP contribution < -0.4 is 20.3 Å². The predicted molar refractivity (Wildman–Crippen MR) is 128 cm³/mol. The maximum Gasteiger partial charge on any atom is 0.322 e. The lowest BCUT2D eigenvalue weighted by atomic mass is 9.94. The number of fused-ring (bicyclic) bond motifs is 2. The Morgan fingerprint density at radius 2 is 1.73 bits per heavy atom. The minimum absolute atomic E-state index is 0.111. The lowest BCUT2D eigenvalue weighted by Crippen LogP contribution is -2.44. The number of H-pyrrole nitrogens is 1. The van der Waals surface area contributed by atoms with E-state index in [0.29, 0.717) is 35.8 Å². The standard InChI is InChI=1S/C26H29N3O4/c1-17-7-9-20(10-8-17)27-26(31)29(21-5-3-2-4-6-21)16-19-13-18-14-23-24(33-12-11-32-23)15-22(18)28-25(19)30/h7-10,13-15,21H,2-6,11-12,16H2,1H3,(H,27,31)(H,28,30). The van der Waals surface area contributed by atoms with E-state index in [1.54, 1.807) is 6.07 Å². The highest BCUT2D eigenvalue weighted by Crippen LogP contribution is 2.34. The van der Waals surface area contributed by atoms with Crippen LogP contribution in [0.15, 0.2) is 47.3 Å². The van der Waals surface area contributed by atoms with Crippen LogP contribution in [0.1, 0.15) is 43.2 Å². The first-order valence-corrected chi connectivity index (χ1v) is 11.7. The molecule has 1 fully saturated rings. The Morgan fingerprint density at radius 3 is 2.45 bits per heavy atom. The number of urea groups is 1. The number of aromatic amines is 1. The molecule has 1 saturated carbocycles. The normalized spacial score (nSPS) is 15.9. The summed E-state index contributed by atoms with van der Waals surface area (Å²) in [6.45, 7) is 3.26. The van der Waals surface area contributed by atoms with Crippen molar-refractivity contribution in [3.8, 4) is 11.5 Å². The molecule has 5 rings (SSSR count). The number of rotatable bonds is 4. The molecule has 172 valence electrons. The molecule has 2 heterocycles. The van der Waals surface area contributed by atoms with E-state index in [1.165, 1.54) is 6.42 Å². The van der Waals surface area contributed by atoms with Crippen LogP contribution in [0.2, 0.25) is 0 Å². The van der Waals surface area contributed by atoms with E-state index in [1.807, 2.05) is 48.2 Å². The molecule has 0 unspecified atom stereocenters. The van der Waals surface area contributed by atoms with Crippen LogP contribution >= 0.6 is 0 Å². The fourth-order valence-corrected chi connectivity index (χ4v) is 4.68. The van der Waals surface area contributed by atoms with Crippen LogP contribution in [0.5, 0.6) is 11.5 Å². The van der Waals surface area contributed by atoms with Crippen LogP contribution in [0.4, 0.5) is 10.5 Å². The molecule has 0 atom stereocenters. The van der Waals surface area contributed by atoms with Gasteiger partial charge >= 0.3 is 6.03 Å². The van der Waals surface area contributed by atoms with Crippen molar-refractivity contribution in [2.45, 2.75) is 51.6 Å². The van der Waals surface area contributed by atoms with Gasteiger partial charge in [0.1, 0.15) is 13.2 Å². The van der Waals surface area contributed by atoms with Gasteiger partial charge in [-0.25, -0.2) is 4.79 Å². The first kappa shape index (κ1) is 21.4. The van der Waals surface area contributed by atoms with Gasteiger partial charge in [-0.1, -0.05) is 37.0 Å². The monoisotopic (exact) mass is 447 g/mol. The number of amides is 2. The van der Waals surface area contributed by atoms with E-state index >= 15 is 0 Å². The summed E-state index contributed by atoms with van der Waals surface area (Å²) in [5.41, 5.74) is 2.95. The number of hydrogen-bond donors (Lipinski definition) is 2. The maximum atomic E-state index is 13.3. The zero-order chi connectivity index (χ0) is 22.8. The molecule has 1 aliphatic carbocycles. The number of benzene rings is 2. The van der Waals surface area contributed by atoms with Crippen molar-refractivity contribution in [2.24, 2.45) is 0 Å². The van der Waals surface area contributed by atoms with Crippen LogP contribution in [-0.4, -0.2) is 35.2 Å². The molecule has 0 spiro atoms. The van der Waals surface area contributed by atoms with Gasteiger partial charge in [-0.2, -0.15) is 0 Å². The molecule has 2 aromatic carbocycles. The average Bonchev–Trinajstić information content (AvgIpc) is 2.83. The Hall–Kier alpha value is -3.48. The van der Waals surface area contributed by atoms with Gasteiger partial charge in [0, 0.05) is 28.7 Å². The zero-order valence-corrected chi connectivity index (χ0v) is 18.9. The van der Waals surface area contributed by atoms with Gasteiger partial charge in [0.15, 0.2) is 11.5 Å². The fraction of sp³-hybridized carbons (Fsp3) is 0.385. The molecule has 0 bridgehead atoms. The van der Waals surface area contributed by atoms with E-state index in [2.05, 4.69) is 10.3 Å². The van der Waals surface area contributed by atoms with Crippen LogP contribution in [0, 0.1) is 6.92 Å². The molecule has 0 radical (unpaired) electrons. The van der Waals surface area contributed by atoms with Gasteiger partial charge in [-0.3, -0.25) is 4.79 Å². The molecule has 1 aromatic heterocycles. The lowest BCUT2D eigenvalue weighted by Gasteiger charge is -2.34. The SMILES string of the molecule is Cc1ccc(NC(=O)N(Cc2cc3cc4c(cc3[nH]c2=O)OCCO4)C2CCCCC2)cc1. The van der Waals surface area contributed by atoms with Gasteiger partial charge < -0.3 is 24.7 Å². The fourth-order valence-electron chi connectivity index (χ4n) is 4.68. The van der Waals surface area contributed by atoms with Gasteiger partial charge in [0.25, 0.3) is 5.56 Å². The van der Waals surface area contributed by atoms with Crippen molar-refractivity contribution >= 4 is 22.6 Å². The van der Waals surface area contributed by atoms with Crippen molar-refractivity contribution in [1.29, 1.82) is 0 Å². The first-order valence-electron chi connectivity index (χ1n) is 11.7. The summed E-state index contributed by atoms with van der Waals surface area (Å²) >= 11 is 0. The first-order chi connectivity index (χ1) is 16.1. The molecule has 2 aliphatic rings. The molecule has 33 heavy (non-hydrogen) atoms. The topological polar surface area (TPSA) is 83.7 Å². The number of hydrogen-bond acceptors (Lipinski definition) is 4. The van der Waals surface area contributed by atoms with Crippen molar-refractivity contribution < 1.29 is 14.3 Å². The average molecular weight is 448 g/mol. The molecular formula is C26H29N3O4. The highest BCUT2D eigenvalue weighted by molar-refractivity contribution is 5.89. The molecule has 2 amide bonds. The van der Waals surface area contributed by atoms with Gasteiger partial charge in [0.2, 0.25) is 0 Å². The summed E-state index contributed by atoms with van der Waals surface area (Å²) in [6, 6.07) is 13.2. The van der Waals surface area contributed by atoms with Crippen molar-refractivity contribution in [2.75, 3.05) is 18.5 Å². The van der Waals surface area contributed by atoms with Gasteiger partial charge in [0.05, 0.1) is 12.1 Å². The Labute approximate surface area is 192 Å². The minimum Gasteiger partial charge on any atom is -0.486 e. The quantitative estimate of drug-likeness (QED) is 0.591. The summed E-state index contributed by atoms with van der Waals surface area (Å²) in [6.07, 6.45) is 5.28. The maximum absolute atomic E-state index is 13.3. The Morgan fingerprint density at radius 1 is 1.03 bits per heavy atom. The summed E-state index contributed by atoms with van der Waals surface area (Å²) < 4.78 is 11.3. The summed E-state index contributed by atoms with van der Waals surface area (Å²) in [5.74, 6) is 1.31. The smallest absolute Gasteiger partial charge is 0.322 e. The number of pyridine rings is 1. The third-order valence-corrected chi connectivity index (χ3v) is 6.50. The molecule has 0 saturated heterocycles. The summed E-state index contributed by atoms with van der Waals surface area (Å²) in [4.78, 5) is 31.1. The Balaban J connectivity index is 1.45. The zero-order valence-electron chi connectivity index (χ0n) is 18.9. The van der Waals surface area contributed by atoms with Crippen molar-refractivity contribution in [3.63, 3.8) is 0 Å². The second-order valence-electron chi connectivity index (χ2n) is 8.92. The molecule has 2 N–H and O–H groups in total. The number of anilines is 1. The number of aryl methyl sites for hydroxylation is 1. The summed E-state index contributed by atoms with van der Waals surface area (Å²) in [7, 11) is 0. The molecule has 1 aliphatic heterocycles. The molecular weight excluding hydrogens is 418 g/mol. The minimum atomic E-state index is -0.192. The molecule has 3 aromatic rings. The molecule has 7 nitrogen and oxygen atoms in total. The van der Waals surface area contributed by atoms with E-state index < -0.39 is 0 Å². The lowest BCUT2D eigenvalue weighted by molar-refractivity contribution is 0.162. The van der Waals surface area contributed by atoms with Crippen LogP contribution in [-0.2, 0) is 6.54 Å².